The van der Waals surface area contributed by atoms with Crippen LogP contribution < -0.4 is 9.62 Å². The number of para-hydroxylation sites is 1. The van der Waals surface area contributed by atoms with Gasteiger partial charge in [0, 0.05) is 35.7 Å². The maximum absolute atomic E-state index is 12.1. The van der Waals surface area contributed by atoms with Crippen LogP contribution in [0.4, 0.5) is 11.4 Å². The molecule has 1 aromatic heterocycles. The topological polar surface area (TPSA) is 58.1 Å². The molecule has 0 aliphatic carbocycles. The van der Waals surface area contributed by atoms with Crippen LogP contribution in [0.25, 0.3) is 0 Å². The maximum atomic E-state index is 12.1. The predicted molar refractivity (Wildman–Crippen MR) is 97.1 cm³/mol. The smallest absolute Gasteiger partial charge is 0.275 e. The third kappa shape index (κ3) is 4.11. The lowest BCUT2D eigenvalue weighted by atomic mass is 10.3. The van der Waals surface area contributed by atoms with E-state index in [2.05, 4.69) is 19.6 Å². The molecule has 3 aromatic rings. The van der Waals surface area contributed by atoms with E-state index in [0.717, 1.165) is 16.3 Å². The van der Waals surface area contributed by atoms with Gasteiger partial charge in [0.2, 0.25) is 0 Å². The van der Waals surface area contributed by atoms with Crippen LogP contribution in [-0.4, -0.2) is 22.9 Å². The molecule has 0 aliphatic rings. The van der Waals surface area contributed by atoms with Crippen LogP contribution in [-0.2, 0) is 0 Å². The highest BCUT2D eigenvalue weighted by molar-refractivity contribution is 8.00. The lowest BCUT2D eigenvalue weighted by Gasteiger charge is -2.18. The number of nitrogens with one attached hydrogen (secondary N) is 1. The van der Waals surface area contributed by atoms with Gasteiger partial charge in [0.05, 0.1) is 6.20 Å². The van der Waals surface area contributed by atoms with E-state index in [9.17, 15) is 4.79 Å². The van der Waals surface area contributed by atoms with E-state index in [1.807, 2.05) is 61.6 Å². The summed E-state index contributed by atoms with van der Waals surface area (Å²) in [5.74, 6) is -0.276. The van der Waals surface area contributed by atoms with E-state index >= 15 is 0 Å². The van der Waals surface area contributed by atoms with Gasteiger partial charge in [-0.1, -0.05) is 24.3 Å². The summed E-state index contributed by atoms with van der Waals surface area (Å²) in [6, 6.07) is 17.8. The van der Waals surface area contributed by atoms with Gasteiger partial charge in [-0.25, -0.2) is 4.98 Å². The Labute approximate surface area is 144 Å². The Hall–Kier alpha value is -2.86. The first-order chi connectivity index (χ1) is 11.7. The van der Waals surface area contributed by atoms with Crippen molar-refractivity contribution in [3.05, 3.63) is 78.9 Å². The van der Waals surface area contributed by atoms with Gasteiger partial charge >= 0.3 is 0 Å². The zero-order chi connectivity index (χ0) is 16.8. The van der Waals surface area contributed by atoms with E-state index in [1.165, 1.54) is 18.6 Å². The predicted octanol–water partition coefficient (Wildman–Crippen LogP) is 3.87. The molecule has 0 saturated heterocycles. The van der Waals surface area contributed by atoms with Crippen LogP contribution in [0.5, 0.6) is 0 Å². The van der Waals surface area contributed by atoms with Gasteiger partial charge in [0.15, 0.2) is 0 Å². The molecule has 24 heavy (non-hydrogen) atoms. The molecule has 1 amide bonds. The zero-order valence-electron chi connectivity index (χ0n) is 13.1. The van der Waals surface area contributed by atoms with Crippen LogP contribution in [0.2, 0.25) is 0 Å². The van der Waals surface area contributed by atoms with Crippen molar-refractivity contribution in [2.24, 2.45) is 0 Å². The van der Waals surface area contributed by atoms with Gasteiger partial charge in [-0.3, -0.25) is 9.78 Å². The van der Waals surface area contributed by atoms with Crippen LogP contribution in [0, 0.1) is 0 Å². The number of benzene rings is 2. The molecule has 3 rings (SSSR count). The minimum Gasteiger partial charge on any atom is -0.321 e. The Morgan fingerprint density at radius 2 is 1.92 bits per heavy atom. The Kier molecular flexibility index (Phi) is 5.08. The van der Waals surface area contributed by atoms with Crippen LogP contribution in [0.3, 0.4) is 0 Å². The molecule has 1 heterocycles. The lowest BCUT2D eigenvalue weighted by molar-refractivity contribution is 0.102. The normalized spacial score (nSPS) is 10.2. The summed E-state index contributed by atoms with van der Waals surface area (Å²) < 4.78 is 2.07. The molecule has 0 unspecified atom stereocenters. The summed E-state index contributed by atoms with van der Waals surface area (Å²) in [6.07, 6.45) is 4.47. The monoisotopic (exact) mass is 336 g/mol. The van der Waals surface area contributed by atoms with E-state index in [4.69, 9.17) is 0 Å². The second-order valence-corrected chi connectivity index (χ2v) is 6.20. The largest absolute Gasteiger partial charge is 0.321 e. The Balaban J connectivity index is 1.69. The number of amides is 1. The van der Waals surface area contributed by atoms with Crippen molar-refractivity contribution in [3.63, 3.8) is 0 Å². The highest BCUT2D eigenvalue weighted by atomic mass is 32.2. The number of nitrogens with zero attached hydrogens (tertiary/aromatic N) is 3. The highest BCUT2D eigenvalue weighted by Gasteiger charge is 2.09. The fraction of sp³-hybridized carbons (Fsp3) is 0.0556. The number of rotatable bonds is 5. The molecule has 2 aromatic carbocycles. The summed E-state index contributed by atoms with van der Waals surface area (Å²) >= 11 is 1.59. The van der Waals surface area contributed by atoms with E-state index in [0.29, 0.717) is 0 Å². The molecule has 0 atom stereocenters. The average Bonchev–Trinajstić information content (AvgIpc) is 2.63. The number of anilines is 2. The number of carbonyl (C=O) groups is 1. The van der Waals surface area contributed by atoms with Crippen molar-refractivity contribution in [2.45, 2.75) is 4.90 Å². The minimum atomic E-state index is -0.276. The van der Waals surface area contributed by atoms with E-state index in [1.54, 1.807) is 11.9 Å². The van der Waals surface area contributed by atoms with Gasteiger partial charge in [-0.15, -0.1) is 0 Å². The van der Waals surface area contributed by atoms with Crippen molar-refractivity contribution in [1.82, 2.24) is 9.97 Å². The van der Waals surface area contributed by atoms with Gasteiger partial charge < -0.3 is 9.62 Å². The molecular weight excluding hydrogens is 320 g/mol. The Morgan fingerprint density at radius 3 is 2.67 bits per heavy atom. The van der Waals surface area contributed by atoms with Crippen molar-refractivity contribution >= 4 is 29.2 Å². The van der Waals surface area contributed by atoms with E-state index in [-0.39, 0.29) is 11.6 Å². The molecule has 0 radical (unpaired) electrons. The van der Waals surface area contributed by atoms with Gasteiger partial charge in [-0.2, -0.15) is 0 Å². The zero-order valence-corrected chi connectivity index (χ0v) is 13.9. The first-order valence-corrected chi connectivity index (χ1v) is 8.14. The van der Waals surface area contributed by atoms with Gasteiger partial charge in [0.25, 0.3) is 5.91 Å². The quantitative estimate of drug-likeness (QED) is 0.717. The molecular formula is C18H16N4OS. The molecule has 1 N–H and O–H groups in total. The molecule has 0 fully saturated rings. The molecule has 0 bridgehead atoms. The van der Waals surface area contributed by atoms with Crippen LogP contribution in [0.1, 0.15) is 10.5 Å². The highest BCUT2D eigenvalue weighted by Crippen LogP contribution is 2.28. The molecule has 5 nitrogen and oxygen atoms in total. The Morgan fingerprint density at radius 1 is 1.08 bits per heavy atom. The summed E-state index contributed by atoms with van der Waals surface area (Å²) in [5, 5.41) is 2.84. The lowest BCUT2D eigenvalue weighted by Crippen LogP contribution is -2.13. The van der Waals surface area contributed by atoms with Crippen LogP contribution in [0.15, 0.2) is 78.1 Å². The summed E-state index contributed by atoms with van der Waals surface area (Å²) in [6.45, 7) is 0. The second kappa shape index (κ2) is 7.61. The summed E-state index contributed by atoms with van der Waals surface area (Å²) in [4.78, 5) is 21.1. The third-order valence-electron chi connectivity index (χ3n) is 3.25. The molecule has 120 valence electrons. The first-order valence-electron chi connectivity index (χ1n) is 7.36. The standard InChI is InChI=1S/C18H16N4OS/c1-22(15-7-3-2-4-8-15)24-16-9-5-6-14(12-16)21-18(23)17-13-19-10-11-20-17/h2-13H,1H3,(H,21,23). The van der Waals surface area contributed by atoms with Gasteiger partial charge in [0.1, 0.15) is 5.69 Å². The molecule has 0 aliphatic heterocycles. The van der Waals surface area contributed by atoms with Crippen LogP contribution >= 0.6 is 11.9 Å². The van der Waals surface area contributed by atoms with Gasteiger partial charge in [-0.05, 0) is 42.3 Å². The third-order valence-corrected chi connectivity index (χ3v) is 4.20. The second-order valence-electron chi connectivity index (χ2n) is 5.00. The molecule has 6 heteroatoms. The SMILES string of the molecule is CN(Sc1cccc(NC(=O)c2cnccn2)c1)c1ccccc1. The number of aromatic nitrogens is 2. The van der Waals surface area contributed by atoms with Crippen molar-refractivity contribution in [3.8, 4) is 0 Å². The van der Waals surface area contributed by atoms with E-state index < -0.39 is 0 Å². The average molecular weight is 336 g/mol. The molecule has 0 saturated carbocycles. The number of hydrogen-bond donors (Lipinski definition) is 1. The minimum absolute atomic E-state index is 0.276. The van der Waals surface area contributed by atoms with Crippen molar-refractivity contribution in [1.29, 1.82) is 0 Å². The number of carbonyl (C=O) groups excluding carboxylic acids is 1. The fourth-order valence-corrected chi connectivity index (χ4v) is 2.95. The number of hydrogen-bond acceptors (Lipinski definition) is 5. The molecule has 0 spiro atoms. The fourth-order valence-electron chi connectivity index (χ4n) is 2.09. The first kappa shape index (κ1) is 16.0. The van der Waals surface area contributed by atoms with Crippen molar-refractivity contribution in [2.75, 3.05) is 16.7 Å². The van der Waals surface area contributed by atoms with Crippen molar-refractivity contribution < 1.29 is 4.79 Å². The maximum Gasteiger partial charge on any atom is 0.275 e. The summed E-state index contributed by atoms with van der Waals surface area (Å²) in [7, 11) is 2.00. The summed E-state index contributed by atoms with van der Waals surface area (Å²) in [5.41, 5.74) is 2.12. The Bertz CT molecular complexity index is 812.